The van der Waals surface area contributed by atoms with Crippen LogP contribution in [0.25, 0.3) is 5.69 Å². The second kappa shape index (κ2) is 7.63. The molecule has 0 aliphatic carbocycles. The van der Waals surface area contributed by atoms with Crippen LogP contribution in [-0.4, -0.2) is 20.9 Å². The van der Waals surface area contributed by atoms with Crippen LogP contribution in [-0.2, 0) is 0 Å². The molecule has 0 atom stereocenters. The standard InChI is InChI=1S/C19H17BrN4O3/c1-11-3-5-13(6-4-11)23-21-10-15-17(25)22-19(27)24(18(15)26)14-7-8-16(20)12(2)9-14/h3-10,23,26H,1-2H3,(H,22,25,27). The van der Waals surface area contributed by atoms with E-state index in [4.69, 9.17) is 0 Å². The summed E-state index contributed by atoms with van der Waals surface area (Å²) in [6.07, 6.45) is 1.18. The molecule has 0 fully saturated rings. The SMILES string of the molecule is Cc1ccc(NN=Cc2c(O)n(-c3ccc(Br)c(C)c3)c(=O)[nH]c2=O)cc1. The molecular weight excluding hydrogens is 412 g/mol. The van der Waals surface area contributed by atoms with Gasteiger partial charge in [0.05, 0.1) is 17.6 Å². The average Bonchev–Trinajstić information content (AvgIpc) is 2.62. The van der Waals surface area contributed by atoms with Crippen molar-refractivity contribution in [2.45, 2.75) is 13.8 Å². The van der Waals surface area contributed by atoms with Crippen LogP contribution in [0.2, 0.25) is 0 Å². The van der Waals surface area contributed by atoms with Gasteiger partial charge in [-0.1, -0.05) is 33.6 Å². The van der Waals surface area contributed by atoms with Crippen LogP contribution in [0.5, 0.6) is 5.88 Å². The Morgan fingerprint density at radius 2 is 1.85 bits per heavy atom. The Kier molecular flexibility index (Phi) is 5.27. The lowest BCUT2D eigenvalue weighted by Crippen LogP contribution is -2.31. The van der Waals surface area contributed by atoms with Crippen molar-refractivity contribution in [1.82, 2.24) is 9.55 Å². The van der Waals surface area contributed by atoms with Crippen LogP contribution in [0.3, 0.4) is 0 Å². The largest absolute Gasteiger partial charge is 0.493 e. The average molecular weight is 429 g/mol. The molecule has 1 heterocycles. The molecule has 0 saturated heterocycles. The zero-order valence-corrected chi connectivity index (χ0v) is 16.2. The Morgan fingerprint density at radius 1 is 1.15 bits per heavy atom. The number of aryl methyl sites for hydroxylation is 2. The highest BCUT2D eigenvalue weighted by Crippen LogP contribution is 2.21. The zero-order chi connectivity index (χ0) is 19.6. The fourth-order valence-corrected chi connectivity index (χ4v) is 2.71. The lowest BCUT2D eigenvalue weighted by Gasteiger charge is -2.11. The fraction of sp³-hybridized carbons (Fsp3) is 0.105. The van der Waals surface area contributed by atoms with Crippen molar-refractivity contribution in [3.63, 3.8) is 0 Å². The molecule has 0 aliphatic heterocycles. The van der Waals surface area contributed by atoms with Gasteiger partial charge in [0.2, 0.25) is 5.88 Å². The molecule has 0 amide bonds. The van der Waals surface area contributed by atoms with Gasteiger partial charge in [-0.3, -0.25) is 15.2 Å². The monoisotopic (exact) mass is 428 g/mol. The highest BCUT2D eigenvalue weighted by Gasteiger charge is 2.14. The van der Waals surface area contributed by atoms with Gasteiger partial charge in [-0.15, -0.1) is 0 Å². The molecule has 0 bridgehead atoms. The van der Waals surface area contributed by atoms with Gasteiger partial charge in [0.1, 0.15) is 5.56 Å². The Bertz CT molecular complexity index is 1130. The smallest absolute Gasteiger partial charge is 0.335 e. The maximum Gasteiger partial charge on any atom is 0.335 e. The summed E-state index contributed by atoms with van der Waals surface area (Å²) in [6.45, 7) is 3.83. The molecule has 138 valence electrons. The number of rotatable bonds is 4. The third kappa shape index (κ3) is 4.01. The normalized spacial score (nSPS) is 11.1. The highest BCUT2D eigenvalue weighted by atomic mass is 79.9. The van der Waals surface area contributed by atoms with E-state index in [0.717, 1.165) is 25.9 Å². The zero-order valence-electron chi connectivity index (χ0n) is 14.7. The Morgan fingerprint density at radius 3 is 2.52 bits per heavy atom. The maximum atomic E-state index is 12.2. The second-order valence-corrected chi connectivity index (χ2v) is 6.86. The summed E-state index contributed by atoms with van der Waals surface area (Å²) in [6, 6.07) is 12.6. The first-order valence-electron chi connectivity index (χ1n) is 8.07. The van der Waals surface area contributed by atoms with Gasteiger partial charge in [-0.05, 0) is 49.7 Å². The summed E-state index contributed by atoms with van der Waals surface area (Å²) >= 11 is 3.39. The predicted molar refractivity (Wildman–Crippen MR) is 109 cm³/mol. The van der Waals surface area contributed by atoms with E-state index in [-0.39, 0.29) is 5.56 Å². The van der Waals surface area contributed by atoms with Crippen LogP contribution in [0.4, 0.5) is 5.69 Å². The molecule has 2 aromatic carbocycles. The van der Waals surface area contributed by atoms with E-state index in [0.29, 0.717) is 5.69 Å². The van der Waals surface area contributed by atoms with Crippen molar-refractivity contribution in [1.29, 1.82) is 0 Å². The van der Waals surface area contributed by atoms with Gasteiger partial charge in [0.25, 0.3) is 5.56 Å². The number of aromatic hydroxyl groups is 1. The van der Waals surface area contributed by atoms with E-state index in [1.807, 2.05) is 38.1 Å². The Balaban J connectivity index is 1.99. The van der Waals surface area contributed by atoms with E-state index in [1.165, 1.54) is 6.21 Å². The lowest BCUT2D eigenvalue weighted by atomic mass is 10.2. The molecule has 0 spiro atoms. The Hall–Kier alpha value is -3.13. The topological polar surface area (TPSA) is 99.5 Å². The van der Waals surface area contributed by atoms with E-state index in [2.05, 4.69) is 31.4 Å². The number of nitrogens with one attached hydrogen (secondary N) is 2. The van der Waals surface area contributed by atoms with Gasteiger partial charge < -0.3 is 5.11 Å². The highest BCUT2D eigenvalue weighted by molar-refractivity contribution is 9.10. The van der Waals surface area contributed by atoms with Crippen LogP contribution in [0.15, 0.2) is 61.6 Å². The first-order chi connectivity index (χ1) is 12.9. The summed E-state index contributed by atoms with van der Waals surface area (Å²) in [7, 11) is 0. The molecule has 3 aromatic rings. The van der Waals surface area contributed by atoms with Crippen molar-refractivity contribution >= 4 is 27.8 Å². The number of halogens is 1. The quantitative estimate of drug-likeness (QED) is 0.439. The number of hydrogen-bond donors (Lipinski definition) is 3. The molecule has 27 heavy (non-hydrogen) atoms. The van der Waals surface area contributed by atoms with E-state index in [1.54, 1.807) is 18.2 Å². The fourth-order valence-electron chi connectivity index (χ4n) is 2.46. The molecule has 0 unspecified atom stereocenters. The molecule has 0 aliphatic rings. The molecule has 3 N–H and O–H groups in total. The second-order valence-electron chi connectivity index (χ2n) is 6.00. The number of benzene rings is 2. The predicted octanol–water partition coefficient (Wildman–Crippen LogP) is 3.06. The number of hydrogen-bond acceptors (Lipinski definition) is 5. The minimum absolute atomic E-state index is 0.130. The van der Waals surface area contributed by atoms with Crippen molar-refractivity contribution in [3.8, 4) is 11.6 Å². The summed E-state index contributed by atoms with van der Waals surface area (Å²) in [4.78, 5) is 26.5. The summed E-state index contributed by atoms with van der Waals surface area (Å²) < 4.78 is 1.89. The first kappa shape index (κ1) is 18.7. The van der Waals surface area contributed by atoms with E-state index in [9.17, 15) is 14.7 Å². The summed E-state index contributed by atoms with van der Waals surface area (Å²) in [5.74, 6) is -0.486. The molecule has 8 heteroatoms. The number of anilines is 1. The molecule has 0 saturated carbocycles. The van der Waals surface area contributed by atoms with Crippen LogP contribution in [0.1, 0.15) is 16.7 Å². The van der Waals surface area contributed by atoms with E-state index < -0.39 is 17.1 Å². The summed E-state index contributed by atoms with van der Waals surface area (Å²) in [5, 5.41) is 14.5. The first-order valence-corrected chi connectivity index (χ1v) is 8.86. The van der Waals surface area contributed by atoms with E-state index >= 15 is 0 Å². The van der Waals surface area contributed by atoms with Crippen molar-refractivity contribution in [2.75, 3.05) is 5.43 Å². The number of nitrogens with zero attached hydrogens (tertiary/aromatic N) is 2. The summed E-state index contributed by atoms with van der Waals surface area (Å²) in [5.41, 5.74) is 4.33. The van der Waals surface area contributed by atoms with Gasteiger partial charge in [-0.25, -0.2) is 9.36 Å². The van der Waals surface area contributed by atoms with Gasteiger partial charge in [0.15, 0.2) is 0 Å². The number of H-pyrrole nitrogens is 1. The number of aromatic nitrogens is 2. The molecule has 7 nitrogen and oxygen atoms in total. The number of aromatic amines is 1. The molecule has 3 rings (SSSR count). The van der Waals surface area contributed by atoms with Crippen molar-refractivity contribution < 1.29 is 5.11 Å². The van der Waals surface area contributed by atoms with Crippen molar-refractivity contribution in [3.05, 3.63) is 84.5 Å². The van der Waals surface area contributed by atoms with Gasteiger partial charge in [-0.2, -0.15) is 5.10 Å². The van der Waals surface area contributed by atoms with Crippen LogP contribution < -0.4 is 16.7 Å². The Labute approximate surface area is 163 Å². The molecule has 0 radical (unpaired) electrons. The minimum atomic E-state index is -0.733. The molecule has 1 aromatic heterocycles. The van der Waals surface area contributed by atoms with Crippen molar-refractivity contribution in [2.24, 2.45) is 5.10 Å². The lowest BCUT2D eigenvalue weighted by molar-refractivity contribution is 0.430. The third-order valence-electron chi connectivity index (χ3n) is 3.96. The maximum absolute atomic E-state index is 12.2. The van der Waals surface area contributed by atoms with Crippen LogP contribution >= 0.6 is 15.9 Å². The number of hydrazone groups is 1. The minimum Gasteiger partial charge on any atom is -0.493 e. The third-order valence-corrected chi connectivity index (χ3v) is 4.85. The van der Waals surface area contributed by atoms with Gasteiger partial charge in [0, 0.05) is 4.47 Å². The van der Waals surface area contributed by atoms with Gasteiger partial charge >= 0.3 is 5.69 Å². The van der Waals surface area contributed by atoms with Crippen LogP contribution in [0, 0.1) is 13.8 Å². The molecular formula is C19H17BrN4O3.